The number of nitrogens with one attached hydrogen (secondary N) is 1. The fraction of sp³-hybridized carbons (Fsp3) is 0.571. The fourth-order valence-electron chi connectivity index (χ4n) is 2.59. The van der Waals surface area contributed by atoms with E-state index in [9.17, 15) is 9.90 Å². The van der Waals surface area contributed by atoms with Crippen LogP contribution < -0.4 is 5.32 Å². The standard InChI is InChI=1S/C14H19ClN2O2/c15-13-11(6-4-8-16-13)14(19)17-12-7-3-1-2-5-10(12)9-18/h4,6,8,10,12,18H,1-3,5,7,9H2,(H,17,19). The van der Waals surface area contributed by atoms with E-state index >= 15 is 0 Å². The second kappa shape index (κ2) is 6.87. The van der Waals surface area contributed by atoms with Gasteiger partial charge in [0.2, 0.25) is 0 Å². The van der Waals surface area contributed by atoms with Crippen molar-refractivity contribution in [1.82, 2.24) is 10.3 Å². The molecule has 0 saturated heterocycles. The minimum Gasteiger partial charge on any atom is -0.396 e. The highest BCUT2D eigenvalue weighted by atomic mass is 35.5. The van der Waals surface area contributed by atoms with Crippen molar-refractivity contribution in [3.63, 3.8) is 0 Å². The molecule has 2 rings (SSSR count). The van der Waals surface area contributed by atoms with Gasteiger partial charge in [-0.1, -0.05) is 30.9 Å². The number of hydrogen-bond donors (Lipinski definition) is 2. The molecule has 0 radical (unpaired) electrons. The lowest BCUT2D eigenvalue weighted by Gasteiger charge is -2.24. The normalized spacial score (nSPS) is 23.7. The van der Waals surface area contributed by atoms with Gasteiger partial charge < -0.3 is 10.4 Å². The van der Waals surface area contributed by atoms with Crippen molar-refractivity contribution in [3.05, 3.63) is 29.0 Å². The molecule has 1 heterocycles. The predicted octanol–water partition coefficient (Wildman–Crippen LogP) is 2.41. The molecule has 1 aliphatic rings. The van der Waals surface area contributed by atoms with Crippen molar-refractivity contribution in [2.75, 3.05) is 6.61 Å². The van der Waals surface area contributed by atoms with Crippen molar-refractivity contribution in [2.24, 2.45) is 5.92 Å². The molecule has 1 aromatic heterocycles. The van der Waals surface area contributed by atoms with Crippen molar-refractivity contribution < 1.29 is 9.90 Å². The maximum absolute atomic E-state index is 12.2. The summed E-state index contributed by atoms with van der Waals surface area (Å²) in [5.74, 6) is -0.0645. The molecular formula is C14H19ClN2O2. The van der Waals surface area contributed by atoms with Crippen LogP contribution in [0.4, 0.5) is 0 Å². The van der Waals surface area contributed by atoms with Gasteiger partial charge in [0.15, 0.2) is 0 Å². The maximum atomic E-state index is 12.2. The van der Waals surface area contributed by atoms with E-state index in [0.29, 0.717) is 5.56 Å². The van der Waals surface area contributed by atoms with Crippen LogP contribution in [0.25, 0.3) is 0 Å². The van der Waals surface area contributed by atoms with Gasteiger partial charge in [-0.2, -0.15) is 0 Å². The largest absolute Gasteiger partial charge is 0.396 e. The van der Waals surface area contributed by atoms with Gasteiger partial charge in [-0.25, -0.2) is 4.98 Å². The number of halogens is 1. The molecule has 104 valence electrons. The number of hydrogen-bond acceptors (Lipinski definition) is 3. The van der Waals surface area contributed by atoms with Gasteiger partial charge in [0.1, 0.15) is 5.15 Å². The molecule has 1 saturated carbocycles. The first-order chi connectivity index (χ1) is 9.22. The molecule has 2 N–H and O–H groups in total. The number of aliphatic hydroxyl groups excluding tert-OH is 1. The number of nitrogens with zero attached hydrogens (tertiary/aromatic N) is 1. The van der Waals surface area contributed by atoms with E-state index in [-0.39, 0.29) is 29.6 Å². The third-order valence-electron chi connectivity index (χ3n) is 3.71. The number of aliphatic hydroxyl groups is 1. The molecule has 1 aliphatic carbocycles. The Balaban J connectivity index is 2.06. The number of aromatic nitrogens is 1. The van der Waals surface area contributed by atoms with Crippen molar-refractivity contribution >= 4 is 17.5 Å². The van der Waals surface area contributed by atoms with E-state index in [4.69, 9.17) is 11.6 Å². The number of amides is 1. The monoisotopic (exact) mass is 282 g/mol. The molecule has 19 heavy (non-hydrogen) atoms. The number of pyridine rings is 1. The quantitative estimate of drug-likeness (QED) is 0.661. The van der Waals surface area contributed by atoms with Crippen LogP contribution in [0.1, 0.15) is 42.5 Å². The zero-order valence-electron chi connectivity index (χ0n) is 10.8. The van der Waals surface area contributed by atoms with Gasteiger partial charge in [0.05, 0.1) is 5.56 Å². The summed E-state index contributed by atoms with van der Waals surface area (Å²) < 4.78 is 0. The molecule has 1 fully saturated rings. The Kier molecular flexibility index (Phi) is 5.16. The molecule has 0 aromatic carbocycles. The van der Waals surface area contributed by atoms with Crippen LogP contribution in [0.3, 0.4) is 0 Å². The number of rotatable bonds is 3. The molecule has 0 bridgehead atoms. The molecule has 1 amide bonds. The van der Waals surface area contributed by atoms with Gasteiger partial charge in [0.25, 0.3) is 5.91 Å². The lowest BCUT2D eigenvalue weighted by Crippen LogP contribution is -2.41. The van der Waals surface area contributed by atoms with Crippen molar-refractivity contribution in [3.8, 4) is 0 Å². The molecule has 4 nitrogen and oxygen atoms in total. The Morgan fingerprint density at radius 2 is 2.21 bits per heavy atom. The summed E-state index contributed by atoms with van der Waals surface area (Å²) in [6.45, 7) is 0.117. The van der Waals surface area contributed by atoms with Crippen LogP contribution >= 0.6 is 11.6 Å². The van der Waals surface area contributed by atoms with Gasteiger partial charge in [-0.15, -0.1) is 0 Å². The molecule has 5 heteroatoms. The van der Waals surface area contributed by atoms with Gasteiger partial charge in [0, 0.05) is 24.8 Å². The Morgan fingerprint density at radius 1 is 1.42 bits per heavy atom. The minimum absolute atomic E-state index is 0.0243. The van der Waals surface area contributed by atoms with Crippen LogP contribution in [0.5, 0.6) is 0 Å². The Hall–Kier alpha value is -1.13. The first kappa shape index (κ1) is 14.3. The first-order valence-corrected chi connectivity index (χ1v) is 7.12. The first-order valence-electron chi connectivity index (χ1n) is 6.74. The molecule has 0 aliphatic heterocycles. The summed E-state index contributed by atoms with van der Waals surface area (Å²) in [6.07, 6.45) is 6.79. The van der Waals surface area contributed by atoms with Crippen molar-refractivity contribution in [1.29, 1.82) is 0 Å². The van der Waals surface area contributed by atoms with E-state index in [2.05, 4.69) is 10.3 Å². The molecule has 1 aromatic rings. The SMILES string of the molecule is O=C(NC1CCCCCC1CO)c1cccnc1Cl. The molecule has 2 unspecified atom stereocenters. The third-order valence-corrected chi connectivity index (χ3v) is 4.01. The van der Waals surface area contributed by atoms with E-state index in [0.717, 1.165) is 32.1 Å². The van der Waals surface area contributed by atoms with Crippen LogP contribution in [-0.4, -0.2) is 28.6 Å². The summed E-state index contributed by atoms with van der Waals surface area (Å²) in [5, 5.41) is 12.6. The topological polar surface area (TPSA) is 62.2 Å². The van der Waals surface area contributed by atoms with E-state index in [1.807, 2.05) is 0 Å². The summed E-state index contributed by atoms with van der Waals surface area (Å²) in [6, 6.07) is 3.38. The summed E-state index contributed by atoms with van der Waals surface area (Å²) in [5.41, 5.74) is 0.394. The summed E-state index contributed by atoms with van der Waals surface area (Å²) >= 11 is 5.92. The summed E-state index contributed by atoms with van der Waals surface area (Å²) in [7, 11) is 0. The molecular weight excluding hydrogens is 264 g/mol. The zero-order chi connectivity index (χ0) is 13.7. The predicted molar refractivity (Wildman–Crippen MR) is 74.2 cm³/mol. The molecule has 2 atom stereocenters. The van der Waals surface area contributed by atoms with Crippen molar-refractivity contribution in [2.45, 2.75) is 38.1 Å². The maximum Gasteiger partial charge on any atom is 0.254 e. The molecule has 0 spiro atoms. The Morgan fingerprint density at radius 3 is 2.95 bits per heavy atom. The smallest absolute Gasteiger partial charge is 0.254 e. The summed E-state index contributed by atoms with van der Waals surface area (Å²) in [4.78, 5) is 16.1. The van der Waals surface area contributed by atoms with E-state index in [1.54, 1.807) is 18.3 Å². The average Bonchev–Trinajstić information content (AvgIpc) is 2.64. The van der Waals surface area contributed by atoms with Crippen LogP contribution in [0.2, 0.25) is 5.15 Å². The van der Waals surface area contributed by atoms with Gasteiger partial charge >= 0.3 is 0 Å². The lowest BCUT2D eigenvalue weighted by molar-refractivity contribution is 0.0899. The Labute approximate surface area is 118 Å². The highest BCUT2D eigenvalue weighted by Gasteiger charge is 2.25. The fourth-order valence-corrected chi connectivity index (χ4v) is 2.80. The van der Waals surface area contributed by atoms with Crippen LogP contribution in [-0.2, 0) is 0 Å². The second-order valence-electron chi connectivity index (χ2n) is 5.00. The van der Waals surface area contributed by atoms with Gasteiger partial charge in [-0.3, -0.25) is 4.79 Å². The highest BCUT2D eigenvalue weighted by Crippen LogP contribution is 2.24. The third kappa shape index (κ3) is 3.67. The van der Waals surface area contributed by atoms with E-state index < -0.39 is 0 Å². The lowest BCUT2D eigenvalue weighted by atomic mass is 9.95. The van der Waals surface area contributed by atoms with Crippen LogP contribution in [0, 0.1) is 5.92 Å². The zero-order valence-corrected chi connectivity index (χ0v) is 11.6. The number of carbonyl (C=O) groups excluding carboxylic acids is 1. The Bertz CT molecular complexity index is 439. The highest BCUT2D eigenvalue weighted by molar-refractivity contribution is 6.32. The van der Waals surface area contributed by atoms with Crippen LogP contribution in [0.15, 0.2) is 18.3 Å². The second-order valence-corrected chi connectivity index (χ2v) is 5.36. The van der Waals surface area contributed by atoms with Gasteiger partial charge in [-0.05, 0) is 25.0 Å². The minimum atomic E-state index is -0.205. The number of carbonyl (C=O) groups is 1. The average molecular weight is 283 g/mol. The van der Waals surface area contributed by atoms with E-state index in [1.165, 1.54) is 0 Å².